The van der Waals surface area contributed by atoms with Gasteiger partial charge in [0.15, 0.2) is 0 Å². The van der Waals surface area contributed by atoms with Crippen LogP contribution in [-0.4, -0.2) is 16.1 Å². The van der Waals surface area contributed by atoms with E-state index < -0.39 is 5.91 Å². The average molecular weight is 333 g/mol. The molecule has 2 N–H and O–H groups in total. The fraction of sp³-hybridized carbons (Fsp3) is 0.133. The number of nitrogens with zero attached hydrogens (tertiary/aromatic N) is 1. The summed E-state index contributed by atoms with van der Waals surface area (Å²) in [7, 11) is 0. The van der Waals surface area contributed by atoms with E-state index in [4.69, 9.17) is 0 Å². The molecule has 1 aromatic heterocycles. The zero-order valence-electron chi connectivity index (χ0n) is 11.1. The molecule has 3 rings (SSSR count). The molecule has 2 heterocycles. The van der Waals surface area contributed by atoms with Gasteiger partial charge in [0.1, 0.15) is 0 Å². The van der Waals surface area contributed by atoms with E-state index in [1.165, 1.54) is 0 Å². The first-order valence-electron chi connectivity index (χ1n) is 6.20. The smallest absolute Gasteiger partial charge is 0.282 e. The molecule has 0 aliphatic carbocycles. The highest BCUT2D eigenvalue weighted by Gasteiger charge is 2.31. The summed E-state index contributed by atoms with van der Waals surface area (Å²) in [5, 5.41) is 10.5. The van der Waals surface area contributed by atoms with Crippen LogP contribution in [0.5, 0.6) is 0 Å². The molecule has 1 amide bonds. The molecule has 102 valence electrons. The fourth-order valence-corrected chi connectivity index (χ4v) is 2.72. The third-order valence-electron chi connectivity index (χ3n) is 3.52. The van der Waals surface area contributed by atoms with E-state index in [-0.39, 0.29) is 0 Å². The number of hydrogen-bond acceptors (Lipinski definition) is 2. The number of para-hydroxylation sites is 1. The first kappa shape index (κ1) is 13.1. The lowest BCUT2D eigenvalue weighted by molar-refractivity contribution is -0.117. The maximum Gasteiger partial charge on any atom is 0.282 e. The molecule has 5 heteroatoms. The number of carbonyl (C=O) groups excluding carboxylic acids is 1. The SMILES string of the molecule is Cc1[nH]c(C=C2C(=O)N(O)c3ccccc32)c(C)c1Br. The number of fused-ring (bicyclic) bond motifs is 1. The van der Waals surface area contributed by atoms with Crippen LogP contribution in [0.2, 0.25) is 0 Å². The maximum absolute atomic E-state index is 12.2. The number of benzene rings is 1. The van der Waals surface area contributed by atoms with E-state index in [1.807, 2.05) is 26.0 Å². The molecule has 0 radical (unpaired) electrons. The summed E-state index contributed by atoms with van der Waals surface area (Å²) in [6, 6.07) is 7.19. The summed E-state index contributed by atoms with van der Waals surface area (Å²) in [5.41, 5.74) is 4.65. The summed E-state index contributed by atoms with van der Waals surface area (Å²) in [6.07, 6.45) is 1.78. The van der Waals surface area contributed by atoms with Gasteiger partial charge in [0.05, 0.1) is 11.3 Å². The molecule has 0 atom stereocenters. The second-order valence-corrected chi connectivity index (χ2v) is 5.59. The molecule has 0 spiro atoms. The summed E-state index contributed by atoms with van der Waals surface area (Å²) < 4.78 is 1.00. The molecule has 1 aliphatic rings. The van der Waals surface area contributed by atoms with Gasteiger partial charge in [-0.25, -0.2) is 0 Å². The number of hydrogen-bond donors (Lipinski definition) is 2. The van der Waals surface area contributed by atoms with E-state index >= 15 is 0 Å². The number of amides is 1. The van der Waals surface area contributed by atoms with Gasteiger partial charge in [0.25, 0.3) is 5.91 Å². The highest BCUT2D eigenvalue weighted by Crippen LogP contribution is 2.37. The van der Waals surface area contributed by atoms with Gasteiger partial charge in [-0.15, -0.1) is 0 Å². The van der Waals surface area contributed by atoms with Crippen molar-refractivity contribution in [3.63, 3.8) is 0 Å². The van der Waals surface area contributed by atoms with E-state index in [0.29, 0.717) is 16.3 Å². The lowest BCUT2D eigenvalue weighted by Gasteiger charge is -2.05. The van der Waals surface area contributed by atoms with Crippen molar-refractivity contribution in [2.75, 3.05) is 5.06 Å². The van der Waals surface area contributed by atoms with Gasteiger partial charge >= 0.3 is 0 Å². The molecule has 0 bridgehead atoms. The third-order valence-corrected chi connectivity index (χ3v) is 4.71. The average Bonchev–Trinajstić information content (AvgIpc) is 2.83. The summed E-state index contributed by atoms with van der Waals surface area (Å²) in [5.74, 6) is -0.408. The molecule has 2 aromatic rings. The minimum Gasteiger partial charge on any atom is -0.358 e. The van der Waals surface area contributed by atoms with E-state index in [9.17, 15) is 10.0 Å². The van der Waals surface area contributed by atoms with Crippen molar-refractivity contribution < 1.29 is 10.0 Å². The first-order chi connectivity index (χ1) is 9.50. The standard InChI is InChI=1S/C15H13BrN2O2/c1-8-12(17-9(2)14(8)16)7-11-10-5-3-4-6-13(10)18(20)15(11)19/h3-7,17,20H,1-2H3. The second-order valence-electron chi connectivity index (χ2n) is 4.79. The Morgan fingerprint density at radius 3 is 2.65 bits per heavy atom. The normalized spacial score (nSPS) is 16.1. The second kappa shape index (κ2) is 4.61. The van der Waals surface area contributed by atoms with Gasteiger partial charge in [-0.3, -0.25) is 10.0 Å². The molecule has 1 aromatic carbocycles. The van der Waals surface area contributed by atoms with Crippen molar-refractivity contribution in [1.82, 2.24) is 4.98 Å². The molecule has 0 saturated carbocycles. The van der Waals surface area contributed by atoms with E-state index in [0.717, 1.165) is 27.0 Å². The monoisotopic (exact) mass is 332 g/mol. The van der Waals surface area contributed by atoms with Gasteiger partial charge in [-0.05, 0) is 47.5 Å². The van der Waals surface area contributed by atoms with Crippen molar-refractivity contribution in [3.05, 3.63) is 51.3 Å². The topological polar surface area (TPSA) is 56.3 Å². The van der Waals surface area contributed by atoms with Crippen molar-refractivity contribution in [2.45, 2.75) is 13.8 Å². The third kappa shape index (κ3) is 1.82. The molecule has 0 saturated heterocycles. The number of anilines is 1. The quantitative estimate of drug-likeness (QED) is 0.618. The number of nitrogens with one attached hydrogen (secondary N) is 1. The Balaban J connectivity index is 2.17. The summed E-state index contributed by atoms with van der Waals surface area (Å²) in [4.78, 5) is 15.4. The number of hydroxylamine groups is 1. The van der Waals surface area contributed by atoms with Crippen LogP contribution in [0.15, 0.2) is 28.7 Å². The summed E-state index contributed by atoms with van der Waals surface area (Å²) in [6.45, 7) is 3.93. The minimum atomic E-state index is -0.408. The van der Waals surface area contributed by atoms with Gasteiger partial charge < -0.3 is 4.98 Å². The Hall–Kier alpha value is -1.85. The molecule has 1 aliphatic heterocycles. The number of carbonyl (C=O) groups is 1. The lowest BCUT2D eigenvalue weighted by atomic mass is 10.1. The molecule has 20 heavy (non-hydrogen) atoms. The fourth-order valence-electron chi connectivity index (χ4n) is 2.40. The van der Waals surface area contributed by atoms with Gasteiger partial charge in [-0.2, -0.15) is 5.06 Å². The Bertz CT molecular complexity index is 746. The predicted octanol–water partition coefficient (Wildman–Crippen LogP) is 3.67. The van der Waals surface area contributed by atoms with E-state index in [2.05, 4.69) is 20.9 Å². The predicted molar refractivity (Wildman–Crippen MR) is 81.6 cm³/mol. The van der Waals surface area contributed by atoms with E-state index in [1.54, 1.807) is 18.2 Å². The highest BCUT2D eigenvalue weighted by molar-refractivity contribution is 9.10. The summed E-state index contributed by atoms with van der Waals surface area (Å²) >= 11 is 3.50. The van der Waals surface area contributed by atoms with Crippen molar-refractivity contribution in [1.29, 1.82) is 0 Å². The van der Waals surface area contributed by atoms with Crippen LogP contribution in [0, 0.1) is 13.8 Å². The highest BCUT2D eigenvalue weighted by atomic mass is 79.9. The Labute approximate surface area is 124 Å². The van der Waals surface area contributed by atoms with Crippen molar-refractivity contribution in [3.8, 4) is 0 Å². The Kier molecular flexibility index (Phi) is 3.03. The molecule has 4 nitrogen and oxygen atoms in total. The largest absolute Gasteiger partial charge is 0.358 e. The molecular formula is C15H13BrN2O2. The van der Waals surface area contributed by atoms with Crippen LogP contribution in [0.1, 0.15) is 22.5 Å². The number of H-pyrrole nitrogens is 1. The van der Waals surface area contributed by atoms with Crippen LogP contribution in [0.3, 0.4) is 0 Å². The molecule has 0 fully saturated rings. The first-order valence-corrected chi connectivity index (χ1v) is 6.99. The lowest BCUT2D eigenvalue weighted by Crippen LogP contribution is -2.21. The number of halogens is 1. The van der Waals surface area contributed by atoms with Crippen molar-refractivity contribution in [2.24, 2.45) is 0 Å². The Morgan fingerprint density at radius 2 is 2.00 bits per heavy atom. The minimum absolute atomic E-state index is 0.408. The number of rotatable bonds is 1. The zero-order valence-corrected chi connectivity index (χ0v) is 12.7. The maximum atomic E-state index is 12.2. The van der Waals surface area contributed by atoms with Gasteiger partial charge in [-0.1, -0.05) is 18.2 Å². The zero-order chi connectivity index (χ0) is 14.4. The van der Waals surface area contributed by atoms with Crippen LogP contribution < -0.4 is 5.06 Å². The van der Waals surface area contributed by atoms with Gasteiger partial charge in [0.2, 0.25) is 0 Å². The number of aromatic amines is 1. The van der Waals surface area contributed by atoms with Crippen molar-refractivity contribution >= 4 is 39.2 Å². The van der Waals surface area contributed by atoms with Crippen LogP contribution >= 0.6 is 15.9 Å². The number of aryl methyl sites for hydroxylation is 1. The molecular weight excluding hydrogens is 320 g/mol. The van der Waals surface area contributed by atoms with Crippen LogP contribution in [0.4, 0.5) is 5.69 Å². The van der Waals surface area contributed by atoms with Gasteiger partial charge in [0, 0.05) is 21.4 Å². The molecule has 0 unspecified atom stereocenters. The number of aromatic nitrogens is 1. The van der Waals surface area contributed by atoms with Crippen LogP contribution in [0.25, 0.3) is 11.6 Å². The van der Waals surface area contributed by atoms with Crippen LogP contribution in [-0.2, 0) is 4.79 Å². The Morgan fingerprint density at radius 1 is 1.30 bits per heavy atom.